The smallest absolute Gasteiger partial charge is 0.422 e. The molecule has 2 rings (SSSR count). The molecule has 0 aliphatic heterocycles. The maximum Gasteiger partial charge on any atom is 0.422 e. The molecule has 0 aliphatic rings. The summed E-state index contributed by atoms with van der Waals surface area (Å²) < 4.78 is 39.6. The number of ether oxygens (including phenoxy) is 1. The lowest BCUT2D eigenvalue weighted by Gasteiger charge is -2.09. The van der Waals surface area contributed by atoms with Crippen LogP contribution in [0.5, 0.6) is 0 Å². The highest BCUT2D eigenvalue weighted by molar-refractivity contribution is 5.85. The number of hydrogen-bond donors (Lipinski definition) is 2. The molecule has 0 fully saturated rings. The van der Waals surface area contributed by atoms with Crippen LogP contribution in [0, 0.1) is 0 Å². The third kappa shape index (κ3) is 3.93. The fourth-order valence-corrected chi connectivity index (χ4v) is 1.32. The number of halogens is 3. The number of carbonyl (C=O) groups is 1. The number of hydrogen-bond acceptors (Lipinski definition) is 5. The zero-order valence-corrected chi connectivity index (χ0v) is 9.81. The Morgan fingerprint density at radius 1 is 1.40 bits per heavy atom. The predicted octanol–water partition coefficient (Wildman–Crippen LogP) is 1.98. The number of aromatic nitrogens is 4. The molecule has 10 heteroatoms. The van der Waals surface area contributed by atoms with Crippen LogP contribution in [0.4, 0.5) is 23.7 Å². The van der Waals surface area contributed by atoms with Crippen LogP contribution in [-0.4, -0.2) is 39.5 Å². The van der Waals surface area contributed by atoms with E-state index in [1.54, 1.807) is 12.1 Å². The van der Waals surface area contributed by atoms with Gasteiger partial charge in [-0.25, -0.2) is 4.79 Å². The summed E-state index contributed by atoms with van der Waals surface area (Å²) in [6, 6.07) is 6.18. The van der Waals surface area contributed by atoms with Gasteiger partial charge in [-0.15, -0.1) is 10.2 Å². The molecular formula is C10H8F3N5O2. The lowest BCUT2D eigenvalue weighted by molar-refractivity contribution is -0.159. The average molecular weight is 287 g/mol. The van der Waals surface area contributed by atoms with Crippen molar-refractivity contribution in [1.29, 1.82) is 0 Å². The molecule has 0 bridgehead atoms. The molecule has 1 aromatic heterocycles. The molecule has 0 atom stereocenters. The minimum Gasteiger partial charge on any atom is -0.440 e. The average Bonchev–Trinajstić information content (AvgIpc) is 2.90. The highest BCUT2D eigenvalue weighted by atomic mass is 19.4. The second-order valence-corrected chi connectivity index (χ2v) is 3.63. The van der Waals surface area contributed by atoms with Gasteiger partial charge in [0.25, 0.3) is 0 Å². The second-order valence-electron chi connectivity index (χ2n) is 3.63. The fourth-order valence-electron chi connectivity index (χ4n) is 1.32. The van der Waals surface area contributed by atoms with E-state index in [4.69, 9.17) is 0 Å². The summed E-state index contributed by atoms with van der Waals surface area (Å²) in [5.41, 5.74) is 0.784. The number of rotatable bonds is 3. The van der Waals surface area contributed by atoms with E-state index >= 15 is 0 Å². The van der Waals surface area contributed by atoms with E-state index in [1.165, 1.54) is 12.1 Å². The molecular weight excluding hydrogens is 279 g/mol. The van der Waals surface area contributed by atoms with Crippen molar-refractivity contribution >= 4 is 11.8 Å². The molecule has 106 valence electrons. The highest BCUT2D eigenvalue weighted by Gasteiger charge is 2.29. The Balaban J connectivity index is 2.00. The van der Waals surface area contributed by atoms with Gasteiger partial charge in [0.05, 0.1) is 0 Å². The Morgan fingerprint density at radius 2 is 2.20 bits per heavy atom. The molecule has 1 heterocycles. The van der Waals surface area contributed by atoms with Crippen LogP contribution in [0.3, 0.4) is 0 Å². The lowest BCUT2D eigenvalue weighted by Crippen LogP contribution is -2.23. The zero-order chi connectivity index (χ0) is 14.6. The van der Waals surface area contributed by atoms with E-state index in [0.29, 0.717) is 5.56 Å². The van der Waals surface area contributed by atoms with Gasteiger partial charge in [0.15, 0.2) is 6.61 Å². The van der Waals surface area contributed by atoms with Crippen molar-refractivity contribution in [2.45, 2.75) is 6.18 Å². The summed E-state index contributed by atoms with van der Waals surface area (Å²) in [5.74, 6) is 0.289. The molecule has 20 heavy (non-hydrogen) atoms. The Hall–Kier alpha value is -2.65. The molecule has 0 spiro atoms. The monoisotopic (exact) mass is 287 g/mol. The molecule has 7 nitrogen and oxygen atoms in total. The molecule has 0 radical (unpaired) electrons. The fraction of sp³-hybridized carbons (Fsp3) is 0.200. The van der Waals surface area contributed by atoms with Gasteiger partial charge < -0.3 is 4.74 Å². The molecule has 1 amide bonds. The van der Waals surface area contributed by atoms with Crippen LogP contribution in [0.25, 0.3) is 11.4 Å². The number of alkyl halides is 3. The first kappa shape index (κ1) is 13.8. The number of benzene rings is 1. The number of anilines is 1. The molecule has 0 saturated heterocycles. The summed E-state index contributed by atoms with van der Waals surface area (Å²) in [5, 5.41) is 15.3. The van der Waals surface area contributed by atoms with Crippen molar-refractivity contribution in [3.05, 3.63) is 24.3 Å². The third-order valence-corrected chi connectivity index (χ3v) is 2.08. The van der Waals surface area contributed by atoms with Gasteiger partial charge in [0, 0.05) is 11.3 Å². The van der Waals surface area contributed by atoms with Crippen molar-refractivity contribution in [2.24, 2.45) is 0 Å². The third-order valence-electron chi connectivity index (χ3n) is 2.08. The summed E-state index contributed by atoms with van der Waals surface area (Å²) in [4.78, 5) is 11.2. The van der Waals surface area contributed by atoms with Crippen LogP contribution in [0.2, 0.25) is 0 Å². The zero-order valence-electron chi connectivity index (χ0n) is 9.81. The molecule has 0 saturated carbocycles. The van der Waals surface area contributed by atoms with Crippen LogP contribution in [-0.2, 0) is 4.74 Å². The van der Waals surface area contributed by atoms with Crippen molar-refractivity contribution < 1.29 is 22.7 Å². The Bertz CT molecular complexity index is 585. The first-order valence-electron chi connectivity index (χ1n) is 5.28. The Morgan fingerprint density at radius 3 is 2.85 bits per heavy atom. The minimum absolute atomic E-state index is 0.250. The van der Waals surface area contributed by atoms with Crippen molar-refractivity contribution in [3.8, 4) is 11.4 Å². The molecule has 0 unspecified atom stereocenters. The number of aromatic amines is 1. The van der Waals surface area contributed by atoms with Crippen molar-refractivity contribution in [1.82, 2.24) is 20.6 Å². The summed E-state index contributed by atoms with van der Waals surface area (Å²) in [6.07, 6.45) is -5.77. The topological polar surface area (TPSA) is 92.8 Å². The Labute approximate surface area is 110 Å². The summed E-state index contributed by atoms with van der Waals surface area (Å²) in [7, 11) is 0. The lowest BCUT2D eigenvalue weighted by atomic mass is 10.2. The van der Waals surface area contributed by atoms with Gasteiger partial charge in [-0.2, -0.15) is 18.4 Å². The number of carbonyl (C=O) groups excluding carboxylic acids is 1. The maximum absolute atomic E-state index is 11.9. The van der Waals surface area contributed by atoms with Crippen LogP contribution >= 0.6 is 0 Å². The SMILES string of the molecule is O=C(Nc1cccc(-c2nn[nH]n2)c1)OCC(F)(F)F. The summed E-state index contributed by atoms with van der Waals surface area (Å²) >= 11 is 0. The quantitative estimate of drug-likeness (QED) is 0.900. The number of nitrogens with one attached hydrogen (secondary N) is 2. The van der Waals surface area contributed by atoms with E-state index in [9.17, 15) is 18.0 Å². The normalized spacial score (nSPS) is 11.2. The van der Waals surface area contributed by atoms with Gasteiger partial charge in [0.2, 0.25) is 5.82 Å². The van der Waals surface area contributed by atoms with E-state index in [0.717, 1.165) is 0 Å². The largest absolute Gasteiger partial charge is 0.440 e. The first-order valence-corrected chi connectivity index (χ1v) is 5.28. The van der Waals surface area contributed by atoms with Crippen LogP contribution < -0.4 is 5.32 Å². The molecule has 0 aliphatic carbocycles. The number of tetrazole rings is 1. The maximum atomic E-state index is 11.9. The van der Waals surface area contributed by atoms with Gasteiger partial charge >= 0.3 is 12.3 Å². The van der Waals surface area contributed by atoms with Crippen LogP contribution in [0.15, 0.2) is 24.3 Å². The van der Waals surface area contributed by atoms with E-state index < -0.39 is 18.9 Å². The van der Waals surface area contributed by atoms with E-state index in [2.05, 4.69) is 30.7 Å². The highest BCUT2D eigenvalue weighted by Crippen LogP contribution is 2.19. The molecule has 2 aromatic rings. The Kier molecular flexibility index (Phi) is 3.82. The van der Waals surface area contributed by atoms with Crippen molar-refractivity contribution in [2.75, 3.05) is 11.9 Å². The van der Waals surface area contributed by atoms with Crippen molar-refractivity contribution in [3.63, 3.8) is 0 Å². The molecule has 2 N–H and O–H groups in total. The summed E-state index contributed by atoms with van der Waals surface area (Å²) in [6.45, 7) is -1.65. The van der Waals surface area contributed by atoms with Gasteiger partial charge in [-0.05, 0) is 17.3 Å². The number of nitrogens with zero attached hydrogens (tertiary/aromatic N) is 3. The standard InChI is InChI=1S/C10H8F3N5O2/c11-10(12,13)5-20-9(19)14-7-3-1-2-6(4-7)8-15-17-18-16-8/h1-4H,5H2,(H,14,19)(H,15,16,17,18). The van der Waals surface area contributed by atoms with Crippen LogP contribution in [0.1, 0.15) is 0 Å². The van der Waals surface area contributed by atoms with Gasteiger partial charge in [0.1, 0.15) is 0 Å². The predicted molar refractivity (Wildman–Crippen MR) is 60.6 cm³/mol. The van der Waals surface area contributed by atoms with Gasteiger partial charge in [-0.3, -0.25) is 5.32 Å². The second kappa shape index (κ2) is 5.55. The minimum atomic E-state index is -4.57. The number of H-pyrrole nitrogens is 1. The van der Waals surface area contributed by atoms with Gasteiger partial charge in [-0.1, -0.05) is 12.1 Å². The first-order chi connectivity index (χ1) is 9.44. The van der Waals surface area contributed by atoms with E-state index in [-0.39, 0.29) is 11.5 Å². The van der Waals surface area contributed by atoms with E-state index in [1.807, 2.05) is 0 Å². The molecule has 1 aromatic carbocycles. The number of amides is 1.